The second-order valence-electron chi connectivity index (χ2n) is 2.70. The molecule has 2 nitrogen and oxygen atoms in total. The molecule has 2 heteroatoms. The van der Waals surface area contributed by atoms with Crippen molar-refractivity contribution in [2.45, 2.75) is 25.8 Å². The average molecular weight is 141 g/mol. The predicted octanol–water partition coefficient (Wildman–Crippen LogP) is 0.977. The molecule has 0 amide bonds. The fourth-order valence-corrected chi connectivity index (χ4v) is 1.44. The Hall–Kier alpha value is -0.500. The van der Waals surface area contributed by atoms with E-state index in [2.05, 4.69) is 11.1 Å². The van der Waals surface area contributed by atoms with Crippen molar-refractivity contribution in [2.75, 3.05) is 13.2 Å². The van der Waals surface area contributed by atoms with Gasteiger partial charge in [0.25, 0.3) is 0 Å². The van der Waals surface area contributed by atoms with E-state index in [1.54, 1.807) is 0 Å². The summed E-state index contributed by atoms with van der Waals surface area (Å²) in [6, 6.07) is 0.385. The maximum Gasteiger partial charge on any atom is 0.0634 e. The van der Waals surface area contributed by atoms with E-state index in [0.29, 0.717) is 12.6 Å². The first-order chi connectivity index (χ1) is 4.88. The van der Waals surface area contributed by atoms with Crippen molar-refractivity contribution in [2.24, 2.45) is 0 Å². The summed E-state index contributed by atoms with van der Waals surface area (Å²) in [5, 5.41) is 8.89. The zero-order valence-electron chi connectivity index (χ0n) is 6.45. The van der Waals surface area contributed by atoms with Gasteiger partial charge >= 0.3 is 0 Å². The van der Waals surface area contributed by atoms with Crippen LogP contribution in [0.15, 0.2) is 12.3 Å². The van der Waals surface area contributed by atoms with E-state index in [1.165, 1.54) is 6.42 Å². The lowest BCUT2D eigenvalue weighted by molar-refractivity contribution is 0.196. The minimum absolute atomic E-state index is 0.296. The highest BCUT2D eigenvalue weighted by Gasteiger charge is 2.19. The summed E-state index contributed by atoms with van der Waals surface area (Å²) in [5.74, 6) is 0. The van der Waals surface area contributed by atoms with Crippen molar-refractivity contribution >= 4 is 0 Å². The molecule has 1 atom stereocenters. The van der Waals surface area contributed by atoms with Crippen LogP contribution in [0.3, 0.4) is 0 Å². The number of nitrogens with zero attached hydrogens (tertiary/aromatic N) is 1. The molecule has 1 saturated heterocycles. The molecule has 1 fully saturated rings. The molecule has 0 radical (unpaired) electrons. The highest BCUT2D eigenvalue weighted by molar-refractivity contribution is 4.88. The van der Waals surface area contributed by atoms with E-state index < -0.39 is 0 Å². The zero-order chi connectivity index (χ0) is 7.40. The van der Waals surface area contributed by atoms with Crippen LogP contribution in [0.1, 0.15) is 19.8 Å². The van der Waals surface area contributed by atoms with Crippen molar-refractivity contribution < 1.29 is 5.11 Å². The summed E-state index contributed by atoms with van der Waals surface area (Å²) in [6.45, 7) is 3.41. The van der Waals surface area contributed by atoms with Gasteiger partial charge in [0.1, 0.15) is 0 Å². The molecule has 0 aromatic heterocycles. The normalized spacial score (nSPS) is 26.6. The fourth-order valence-electron chi connectivity index (χ4n) is 1.44. The van der Waals surface area contributed by atoms with Gasteiger partial charge < -0.3 is 10.0 Å². The number of hydrogen-bond donors (Lipinski definition) is 1. The SMILES string of the molecule is CC=CN1CCC[C@H]1CO. The van der Waals surface area contributed by atoms with Crippen molar-refractivity contribution in [3.8, 4) is 0 Å². The van der Waals surface area contributed by atoms with Gasteiger partial charge in [0.2, 0.25) is 0 Å². The second-order valence-corrected chi connectivity index (χ2v) is 2.70. The number of aliphatic hydroxyl groups excluding tert-OH is 1. The van der Waals surface area contributed by atoms with Gasteiger partial charge in [0.05, 0.1) is 12.6 Å². The minimum Gasteiger partial charge on any atom is -0.394 e. The van der Waals surface area contributed by atoms with E-state index in [0.717, 1.165) is 13.0 Å². The summed E-state index contributed by atoms with van der Waals surface area (Å²) < 4.78 is 0. The topological polar surface area (TPSA) is 23.5 Å². The van der Waals surface area contributed by atoms with Gasteiger partial charge in [-0.2, -0.15) is 0 Å². The lowest BCUT2D eigenvalue weighted by Crippen LogP contribution is -2.26. The van der Waals surface area contributed by atoms with Gasteiger partial charge in [-0.3, -0.25) is 0 Å². The van der Waals surface area contributed by atoms with Crippen LogP contribution < -0.4 is 0 Å². The van der Waals surface area contributed by atoms with Gasteiger partial charge in [-0.05, 0) is 26.0 Å². The largest absolute Gasteiger partial charge is 0.394 e. The highest BCUT2D eigenvalue weighted by atomic mass is 16.3. The molecule has 1 aliphatic heterocycles. The van der Waals surface area contributed by atoms with Gasteiger partial charge in [-0.1, -0.05) is 6.08 Å². The maximum atomic E-state index is 8.89. The molecule has 0 bridgehead atoms. The Kier molecular flexibility index (Phi) is 2.75. The van der Waals surface area contributed by atoms with Crippen LogP contribution in [0.4, 0.5) is 0 Å². The number of likely N-dealkylation sites (tertiary alicyclic amines) is 1. The summed E-state index contributed by atoms with van der Waals surface area (Å²) >= 11 is 0. The molecule has 0 unspecified atom stereocenters. The second kappa shape index (κ2) is 3.62. The molecule has 0 aromatic carbocycles. The third kappa shape index (κ3) is 1.51. The molecule has 10 heavy (non-hydrogen) atoms. The van der Waals surface area contributed by atoms with Crippen LogP contribution >= 0.6 is 0 Å². The van der Waals surface area contributed by atoms with E-state index in [-0.39, 0.29) is 0 Å². The van der Waals surface area contributed by atoms with Crippen LogP contribution in [0, 0.1) is 0 Å². The van der Waals surface area contributed by atoms with Gasteiger partial charge in [-0.25, -0.2) is 0 Å². The number of rotatable bonds is 2. The molecule has 0 saturated carbocycles. The maximum absolute atomic E-state index is 8.89. The third-order valence-corrected chi connectivity index (χ3v) is 1.97. The van der Waals surface area contributed by atoms with Crippen LogP contribution in [0.2, 0.25) is 0 Å². The van der Waals surface area contributed by atoms with Crippen molar-refractivity contribution in [3.05, 3.63) is 12.3 Å². The Morgan fingerprint density at radius 3 is 3.10 bits per heavy atom. The number of aliphatic hydroxyl groups is 1. The van der Waals surface area contributed by atoms with Crippen LogP contribution in [-0.2, 0) is 0 Å². The van der Waals surface area contributed by atoms with Crippen molar-refractivity contribution in [1.29, 1.82) is 0 Å². The Labute approximate surface area is 62.2 Å². The summed E-state index contributed by atoms with van der Waals surface area (Å²) in [7, 11) is 0. The molecular weight excluding hydrogens is 126 g/mol. The Balaban J connectivity index is 2.41. The molecule has 0 aromatic rings. The molecule has 58 valence electrons. The van der Waals surface area contributed by atoms with Crippen LogP contribution in [-0.4, -0.2) is 29.2 Å². The molecular formula is C8H15NO. The molecule has 0 aliphatic carbocycles. The number of allylic oxidation sites excluding steroid dienone is 1. The van der Waals surface area contributed by atoms with Gasteiger partial charge in [0.15, 0.2) is 0 Å². The molecule has 1 rings (SSSR count). The van der Waals surface area contributed by atoms with Crippen molar-refractivity contribution in [3.63, 3.8) is 0 Å². The quantitative estimate of drug-likeness (QED) is 0.619. The van der Waals surface area contributed by atoms with E-state index >= 15 is 0 Å². The van der Waals surface area contributed by atoms with E-state index in [4.69, 9.17) is 5.11 Å². The van der Waals surface area contributed by atoms with Crippen LogP contribution in [0.5, 0.6) is 0 Å². The molecule has 1 aliphatic rings. The van der Waals surface area contributed by atoms with Crippen molar-refractivity contribution in [1.82, 2.24) is 4.90 Å². The fraction of sp³-hybridized carbons (Fsp3) is 0.750. The zero-order valence-corrected chi connectivity index (χ0v) is 6.45. The summed E-state index contributed by atoms with van der Waals surface area (Å²) in [6.07, 6.45) is 6.44. The monoisotopic (exact) mass is 141 g/mol. The lowest BCUT2D eigenvalue weighted by atomic mass is 10.2. The molecule has 1 N–H and O–H groups in total. The van der Waals surface area contributed by atoms with Gasteiger partial charge in [-0.15, -0.1) is 0 Å². The highest BCUT2D eigenvalue weighted by Crippen LogP contribution is 2.16. The van der Waals surface area contributed by atoms with E-state index in [1.807, 2.05) is 13.0 Å². The third-order valence-electron chi connectivity index (χ3n) is 1.97. The average Bonchev–Trinajstić information content (AvgIpc) is 2.36. The molecule has 0 spiro atoms. The first kappa shape index (κ1) is 7.61. The number of hydrogen-bond acceptors (Lipinski definition) is 2. The van der Waals surface area contributed by atoms with E-state index in [9.17, 15) is 0 Å². The summed E-state index contributed by atoms with van der Waals surface area (Å²) in [5.41, 5.74) is 0. The Bertz CT molecular complexity index is 122. The lowest BCUT2D eigenvalue weighted by Gasteiger charge is -2.19. The Morgan fingerprint density at radius 2 is 2.50 bits per heavy atom. The standard InChI is InChI=1S/C8H15NO/c1-2-5-9-6-3-4-8(9)7-10/h2,5,8,10H,3-4,6-7H2,1H3/t8-/m0/s1. The predicted molar refractivity (Wildman–Crippen MR) is 41.6 cm³/mol. The van der Waals surface area contributed by atoms with Gasteiger partial charge in [0, 0.05) is 6.54 Å². The summed E-state index contributed by atoms with van der Waals surface area (Å²) in [4.78, 5) is 2.21. The Morgan fingerprint density at radius 1 is 1.70 bits per heavy atom. The molecule has 1 heterocycles. The smallest absolute Gasteiger partial charge is 0.0634 e. The minimum atomic E-state index is 0.296. The van der Waals surface area contributed by atoms with Crippen LogP contribution in [0.25, 0.3) is 0 Å². The first-order valence-corrected chi connectivity index (χ1v) is 3.88. The first-order valence-electron chi connectivity index (χ1n) is 3.88.